The standard InChI is InChI=1S/C17H13Cl3N4OS/c1-24-16(10-5-6-13(19)14(20)7-10)22-23-17(24)26-9-15(25)21-12-4-2-3-11(18)8-12/h2-8H,9H2,1H3,(H,21,25). The number of carbonyl (C=O) groups excluding carboxylic acids is 1. The number of amides is 1. The summed E-state index contributed by atoms with van der Waals surface area (Å²) in [5, 5.41) is 13.2. The zero-order valence-electron chi connectivity index (χ0n) is 13.5. The van der Waals surface area contributed by atoms with E-state index in [1.165, 1.54) is 11.8 Å². The van der Waals surface area contributed by atoms with E-state index >= 15 is 0 Å². The summed E-state index contributed by atoms with van der Waals surface area (Å²) in [5.74, 6) is 0.678. The third-order valence-corrected chi connectivity index (χ3v) is 5.45. The van der Waals surface area contributed by atoms with Gasteiger partial charge >= 0.3 is 0 Å². The van der Waals surface area contributed by atoms with Crippen molar-refractivity contribution in [2.75, 3.05) is 11.1 Å². The minimum atomic E-state index is -0.156. The highest BCUT2D eigenvalue weighted by atomic mass is 35.5. The zero-order valence-corrected chi connectivity index (χ0v) is 16.6. The number of hydrogen-bond donors (Lipinski definition) is 1. The Hall–Kier alpha value is -1.73. The number of hydrogen-bond acceptors (Lipinski definition) is 4. The predicted octanol–water partition coefficient (Wildman–Crippen LogP) is 5.17. The Morgan fingerprint density at radius 1 is 1.12 bits per heavy atom. The number of halogens is 3. The minimum absolute atomic E-state index is 0.156. The van der Waals surface area contributed by atoms with Crippen LogP contribution in [0.3, 0.4) is 0 Å². The van der Waals surface area contributed by atoms with Crippen LogP contribution >= 0.6 is 46.6 Å². The van der Waals surface area contributed by atoms with Gasteiger partial charge in [0.25, 0.3) is 0 Å². The average molecular weight is 428 g/mol. The SMILES string of the molecule is Cn1c(SCC(=O)Nc2cccc(Cl)c2)nnc1-c1ccc(Cl)c(Cl)c1. The first-order valence-corrected chi connectivity index (χ1v) is 9.59. The number of anilines is 1. The van der Waals surface area contributed by atoms with E-state index in [9.17, 15) is 4.79 Å². The van der Waals surface area contributed by atoms with Gasteiger partial charge < -0.3 is 9.88 Å². The summed E-state index contributed by atoms with van der Waals surface area (Å²) in [7, 11) is 1.83. The maximum absolute atomic E-state index is 12.1. The molecule has 1 amide bonds. The van der Waals surface area contributed by atoms with E-state index < -0.39 is 0 Å². The molecule has 0 spiro atoms. The van der Waals surface area contributed by atoms with Crippen LogP contribution < -0.4 is 5.32 Å². The molecule has 2 aromatic carbocycles. The van der Waals surface area contributed by atoms with Crippen LogP contribution in [0.25, 0.3) is 11.4 Å². The molecule has 1 N–H and O–H groups in total. The number of thioether (sulfide) groups is 1. The van der Waals surface area contributed by atoms with Crippen molar-refractivity contribution in [3.63, 3.8) is 0 Å². The molecule has 0 aliphatic heterocycles. The van der Waals surface area contributed by atoms with Gasteiger partial charge in [0.05, 0.1) is 15.8 Å². The second kappa shape index (κ2) is 8.31. The Morgan fingerprint density at radius 2 is 1.92 bits per heavy atom. The Kier molecular flexibility index (Phi) is 6.09. The maximum Gasteiger partial charge on any atom is 0.234 e. The third kappa shape index (κ3) is 4.51. The lowest BCUT2D eigenvalue weighted by atomic mass is 10.2. The molecule has 0 unspecified atom stereocenters. The van der Waals surface area contributed by atoms with Gasteiger partial charge in [-0.25, -0.2) is 0 Å². The molecule has 0 bridgehead atoms. The molecule has 3 rings (SSSR count). The fourth-order valence-electron chi connectivity index (χ4n) is 2.22. The van der Waals surface area contributed by atoms with Crippen molar-refractivity contribution >= 4 is 58.2 Å². The summed E-state index contributed by atoms with van der Waals surface area (Å²) in [6.45, 7) is 0. The minimum Gasteiger partial charge on any atom is -0.325 e. The first kappa shape index (κ1) is 19.0. The van der Waals surface area contributed by atoms with Crippen molar-refractivity contribution in [1.29, 1.82) is 0 Å². The number of benzene rings is 2. The molecule has 0 saturated heterocycles. The number of rotatable bonds is 5. The maximum atomic E-state index is 12.1. The molecule has 0 fully saturated rings. The summed E-state index contributed by atoms with van der Waals surface area (Å²) in [6, 6.07) is 12.2. The molecule has 0 saturated carbocycles. The first-order chi connectivity index (χ1) is 12.4. The second-order valence-corrected chi connectivity index (χ2v) is 7.53. The van der Waals surface area contributed by atoms with Gasteiger partial charge in [-0.15, -0.1) is 10.2 Å². The number of aromatic nitrogens is 3. The highest BCUT2D eigenvalue weighted by molar-refractivity contribution is 7.99. The Morgan fingerprint density at radius 3 is 2.65 bits per heavy atom. The Bertz CT molecular complexity index is 961. The smallest absolute Gasteiger partial charge is 0.234 e. The summed E-state index contributed by atoms with van der Waals surface area (Å²) < 4.78 is 1.80. The monoisotopic (exact) mass is 426 g/mol. The molecule has 1 heterocycles. The molecular formula is C17H13Cl3N4OS. The van der Waals surface area contributed by atoms with Crippen molar-refractivity contribution in [2.24, 2.45) is 7.05 Å². The predicted molar refractivity (Wildman–Crippen MR) is 107 cm³/mol. The number of nitrogens with one attached hydrogen (secondary N) is 1. The normalized spacial score (nSPS) is 10.8. The molecule has 0 aliphatic rings. The average Bonchev–Trinajstić information content (AvgIpc) is 2.96. The van der Waals surface area contributed by atoms with E-state index in [1.54, 1.807) is 41.0 Å². The van der Waals surface area contributed by atoms with Crippen molar-refractivity contribution < 1.29 is 4.79 Å². The topological polar surface area (TPSA) is 59.8 Å². The van der Waals surface area contributed by atoms with Gasteiger partial charge in [0, 0.05) is 23.3 Å². The molecule has 26 heavy (non-hydrogen) atoms. The van der Waals surface area contributed by atoms with Gasteiger partial charge in [-0.05, 0) is 36.4 Å². The Balaban J connectivity index is 1.66. The van der Waals surface area contributed by atoms with Gasteiger partial charge in [0.1, 0.15) is 0 Å². The molecule has 3 aromatic rings. The van der Waals surface area contributed by atoms with Crippen LogP contribution in [0.5, 0.6) is 0 Å². The summed E-state index contributed by atoms with van der Waals surface area (Å²) in [4.78, 5) is 12.1. The molecule has 0 aliphatic carbocycles. The van der Waals surface area contributed by atoms with Gasteiger partial charge in [0.2, 0.25) is 5.91 Å². The van der Waals surface area contributed by atoms with Crippen LogP contribution in [0.4, 0.5) is 5.69 Å². The molecule has 134 valence electrons. The van der Waals surface area contributed by atoms with Gasteiger partial charge in [-0.2, -0.15) is 0 Å². The van der Waals surface area contributed by atoms with E-state index in [0.29, 0.717) is 31.7 Å². The number of carbonyl (C=O) groups is 1. The highest BCUT2D eigenvalue weighted by Crippen LogP contribution is 2.29. The fraction of sp³-hybridized carbons (Fsp3) is 0.118. The van der Waals surface area contributed by atoms with Gasteiger partial charge in [0.15, 0.2) is 11.0 Å². The van der Waals surface area contributed by atoms with E-state index in [1.807, 2.05) is 13.1 Å². The molecular weight excluding hydrogens is 415 g/mol. The van der Waals surface area contributed by atoms with Gasteiger partial charge in [-0.3, -0.25) is 4.79 Å². The second-order valence-electron chi connectivity index (χ2n) is 5.34. The quantitative estimate of drug-likeness (QED) is 0.570. The van der Waals surface area contributed by atoms with Crippen molar-refractivity contribution in [3.05, 3.63) is 57.5 Å². The van der Waals surface area contributed by atoms with Crippen LogP contribution in [0, 0.1) is 0 Å². The van der Waals surface area contributed by atoms with Crippen molar-refractivity contribution in [1.82, 2.24) is 14.8 Å². The molecule has 1 aromatic heterocycles. The molecule has 5 nitrogen and oxygen atoms in total. The van der Waals surface area contributed by atoms with Gasteiger partial charge in [-0.1, -0.05) is 52.6 Å². The molecule has 0 atom stereocenters. The van der Waals surface area contributed by atoms with E-state index in [4.69, 9.17) is 34.8 Å². The fourth-order valence-corrected chi connectivity index (χ4v) is 3.42. The highest BCUT2D eigenvalue weighted by Gasteiger charge is 2.14. The number of nitrogens with zero attached hydrogens (tertiary/aromatic N) is 3. The lowest BCUT2D eigenvalue weighted by Crippen LogP contribution is -2.14. The first-order valence-electron chi connectivity index (χ1n) is 7.47. The van der Waals surface area contributed by atoms with E-state index in [2.05, 4.69) is 15.5 Å². The lowest BCUT2D eigenvalue weighted by molar-refractivity contribution is -0.113. The van der Waals surface area contributed by atoms with Crippen LogP contribution in [0.15, 0.2) is 47.6 Å². The molecule has 0 radical (unpaired) electrons. The van der Waals surface area contributed by atoms with Crippen LogP contribution in [0.1, 0.15) is 0 Å². The van der Waals surface area contributed by atoms with E-state index in [0.717, 1.165) is 5.56 Å². The summed E-state index contributed by atoms with van der Waals surface area (Å²) in [6.07, 6.45) is 0. The van der Waals surface area contributed by atoms with Crippen LogP contribution in [-0.4, -0.2) is 26.4 Å². The summed E-state index contributed by atoms with van der Waals surface area (Å²) >= 11 is 19.2. The third-order valence-electron chi connectivity index (χ3n) is 3.45. The lowest BCUT2D eigenvalue weighted by Gasteiger charge is -2.06. The Labute approximate surface area is 169 Å². The van der Waals surface area contributed by atoms with Crippen LogP contribution in [0.2, 0.25) is 15.1 Å². The van der Waals surface area contributed by atoms with Crippen LogP contribution in [-0.2, 0) is 11.8 Å². The van der Waals surface area contributed by atoms with Crippen molar-refractivity contribution in [3.8, 4) is 11.4 Å². The largest absolute Gasteiger partial charge is 0.325 e. The molecule has 9 heteroatoms. The summed E-state index contributed by atoms with van der Waals surface area (Å²) in [5.41, 5.74) is 1.45. The van der Waals surface area contributed by atoms with E-state index in [-0.39, 0.29) is 11.7 Å². The van der Waals surface area contributed by atoms with Crippen molar-refractivity contribution in [2.45, 2.75) is 5.16 Å². The zero-order chi connectivity index (χ0) is 18.7.